The van der Waals surface area contributed by atoms with Crippen LogP contribution in [0.2, 0.25) is 15.5 Å². The molecule has 4 aromatic heterocycles. The van der Waals surface area contributed by atoms with E-state index in [0.717, 1.165) is 65.0 Å². The van der Waals surface area contributed by atoms with Crippen LogP contribution < -0.4 is 16.4 Å². The molecule has 0 radical (unpaired) electrons. The van der Waals surface area contributed by atoms with Crippen LogP contribution in [0.15, 0.2) is 49.6 Å². The maximum atomic E-state index is 12.1. The fourth-order valence-electron chi connectivity index (χ4n) is 4.82. The molecule has 25 nitrogen and oxygen atoms in total. The molecular weight excluding hydrogens is 1160 g/mol. The van der Waals surface area contributed by atoms with Crippen LogP contribution >= 0.6 is 96.6 Å². The zero-order valence-electron chi connectivity index (χ0n) is 40.6. The predicted molar refractivity (Wildman–Crippen MR) is 290 cm³/mol. The SMILES string of the molecule is C1COCCN1.COCCCN.COCCCNc1cnc(C(=O)N2CCOCC2)cn1.O=C(Cl)C(=O)Cl.O=C(Cl)c1cnc(Cl)cn1.O=C(O)c1cnc(Cl)cn1.O=C(c1cnc(Cl)cn1)N1CCOCC1.S.S. The number of nitrogens with two attached hydrogens (primary N) is 1. The number of carbonyl (C=O) groups excluding carboxylic acids is 5. The number of methoxy groups -OCH3 is 2. The Kier molecular flexibility index (Phi) is 44.5. The van der Waals surface area contributed by atoms with Gasteiger partial charge in [-0.25, -0.2) is 44.7 Å². The second-order valence-electron chi connectivity index (χ2n) is 13.7. The van der Waals surface area contributed by atoms with Crippen molar-refractivity contribution in [1.29, 1.82) is 0 Å². The number of aromatic nitrogens is 8. The van der Waals surface area contributed by atoms with Gasteiger partial charge in [0.05, 0.1) is 89.2 Å². The van der Waals surface area contributed by atoms with Crippen molar-refractivity contribution in [3.63, 3.8) is 0 Å². The van der Waals surface area contributed by atoms with Gasteiger partial charge >= 0.3 is 16.5 Å². The summed E-state index contributed by atoms with van der Waals surface area (Å²) in [7, 11) is 3.35. The first-order chi connectivity index (χ1) is 35.0. The number of ether oxygens (including phenoxy) is 5. The Morgan fingerprint density at radius 1 is 0.587 bits per heavy atom. The summed E-state index contributed by atoms with van der Waals surface area (Å²) in [5, 5.41) is 12.4. The zero-order valence-corrected chi connectivity index (χ0v) is 47.1. The number of carbonyl (C=O) groups is 6. The largest absolute Gasteiger partial charge is 0.476 e. The van der Waals surface area contributed by atoms with Crippen molar-refractivity contribution in [3.05, 3.63) is 87.8 Å². The summed E-state index contributed by atoms with van der Waals surface area (Å²) in [6.07, 6.45) is 12.5. The van der Waals surface area contributed by atoms with E-state index in [4.69, 9.17) is 80.9 Å². The number of halogens is 6. The Morgan fingerprint density at radius 3 is 1.27 bits per heavy atom. The number of amides is 2. The molecular formula is C42H59Cl6N13O12S2. The van der Waals surface area contributed by atoms with Crippen LogP contribution in [0.1, 0.15) is 54.8 Å². The Morgan fingerprint density at radius 2 is 0.973 bits per heavy atom. The molecule has 3 fully saturated rings. The third-order valence-electron chi connectivity index (χ3n) is 8.35. The first-order valence-electron chi connectivity index (χ1n) is 21.6. The Hall–Kier alpha value is -4.30. The van der Waals surface area contributed by atoms with E-state index < -0.39 is 21.7 Å². The van der Waals surface area contributed by atoms with E-state index >= 15 is 0 Å². The smallest absolute Gasteiger partial charge is 0.356 e. The number of carboxylic acids is 1. The maximum Gasteiger partial charge on any atom is 0.356 e. The lowest BCUT2D eigenvalue weighted by Crippen LogP contribution is -2.41. The minimum atomic E-state index is -1.14. The topological polar surface area (TPSA) is 328 Å². The van der Waals surface area contributed by atoms with Crippen LogP contribution in [-0.2, 0) is 33.3 Å². The normalized spacial score (nSPS) is 13.1. The molecule has 0 aliphatic carbocycles. The van der Waals surface area contributed by atoms with Crippen LogP contribution in [0, 0.1) is 0 Å². The van der Waals surface area contributed by atoms with E-state index in [9.17, 15) is 28.8 Å². The number of carboxylic acid groups (broad SMARTS) is 1. The van der Waals surface area contributed by atoms with Gasteiger partial charge in [-0.3, -0.25) is 24.0 Å². The van der Waals surface area contributed by atoms with Crippen molar-refractivity contribution in [1.82, 2.24) is 55.0 Å². The summed E-state index contributed by atoms with van der Waals surface area (Å²) in [6, 6.07) is 0. The maximum absolute atomic E-state index is 12.1. The molecule has 3 aliphatic heterocycles. The van der Waals surface area contributed by atoms with Gasteiger partial charge in [-0.15, -0.1) is 0 Å². The van der Waals surface area contributed by atoms with Crippen molar-refractivity contribution in [2.45, 2.75) is 12.8 Å². The van der Waals surface area contributed by atoms with Gasteiger partial charge in [0.25, 0.3) is 17.1 Å². The third kappa shape index (κ3) is 35.6. The average molecular weight is 1210 g/mol. The number of rotatable bonds is 13. The Balaban J connectivity index is 0. The number of hydrogen-bond acceptors (Lipinski definition) is 22. The lowest BCUT2D eigenvalue weighted by molar-refractivity contribution is -0.127. The molecule has 3 saturated heterocycles. The van der Waals surface area contributed by atoms with E-state index in [1.807, 2.05) is 0 Å². The molecule has 0 unspecified atom stereocenters. The van der Waals surface area contributed by atoms with Crippen LogP contribution in [0.25, 0.3) is 0 Å². The summed E-state index contributed by atoms with van der Waals surface area (Å²) < 4.78 is 25.0. The van der Waals surface area contributed by atoms with Gasteiger partial charge in [0.1, 0.15) is 38.4 Å². The first-order valence-corrected chi connectivity index (χ1v) is 23.8. The first kappa shape index (κ1) is 72.8. The molecule has 0 aromatic carbocycles. The minimum Gasteiger partial charge on any atom is -0.476 e. The molecule has 7 heterocycles. The van der Waals surface area contributed by atoms with Gasteiger partial charge in [-0.05, 0) is 54.2 Å². The number of hydrogen-bond donors (Lipinski definition) is 4. The van der Waals surface area contributed by atoms with E-state index in [1.165, 1.54) is 37.2 Å². The highest BCUT2D eigenvalue weighted by atomic mass is 35.5. The lowest BCUT2D eigenvalue weighted by atomic mass is 10.3. The number of nitrogens with zero attached hydrogens (tertiary/aromatic N) is 10. The molecule has 0 atom stereocenters. The number of morpholine rings is 3. The molecule has 0 spiro atoms. The van der Waals surface area contributed by atoms with E-state index in [-0.39, 0.29) is 65.7 Å². The minimum absolute atomic E-state index is 0. The van der Waals surface area contributed by atoms with Crippen molar-refractivity contribution in [2.24, 2.45) is 5.73 Å². The number of nitrogens with one attached hydrogen (secondary N) is 2. The summed E-state index contributed by atoms with van der Waals surface area (Å²) in [5.41, 5.74) is 5.82. The highest BCUT2D eigenvalue weighted by Gasteiger charge is 2.21. The fraction of sp³-hybridized carbons (Fsp3) is 0.476. The number of aromatic carboxylic acids is 1. The average Bonchev–Trinajstić information content (AvgIpc) is 3.41. The molecule has 2 amide bonds. The highest BCUT2D eigenvalue weighted by Crippen LogP contribution is 2.09. The van der Waals surface area contributed by atoms with Crippen LogP contribution in [0.3, 0.4) is 0 Å². The molecule has 33 heteroatoms. The van der Waals surface area contributed by atoms with E-state index in [1.54, 1.807) is 30.2 Å². The molecule has 418 valence electrons. The predicted octanol–water partition coefficient (Wildman–Crippen LogP) is 3.67. The van der Waals surface area contributed by atoms with Gasteiger partial charge in [0, 0.05) is 73.2 Å². The molecule has 4 aromatic rings. The van der Waals surface area contributed by atoms with E-state index in [0.29, 0.717) is 76.4 Å². The molecule has 0 bridgehead atoms. The Labute approximate surface area is 476 Å². The van der Waals surface area contributed by atoms with Crippen molar-refractivity contribution >= 4 is 136 Å². The molecule has 75 heavy (non-hydrogen) atoms. The Bertz CT molecular complexity index is 2110. The summed E-state index contributed by atoms with van der Waals surface area (Å²) in [5.74, 6) is -0.655. The second-order valence-corrected chi connectivity index (χ2v) is 15.9. The van der Waals surface area contributed by atoms with Crippen molar-refractivity contribution < 1.29 is 57.6 Å². The van der Waals surface area contributed by atoms with Gasteiger partial charge in [0.15, 0.2) is 5.69 Å². The van der Waals surface area contributed by atoms with Gasteiger partial charge in [-0.1, -0.05) is 34.8 Å². The van der Waals surface area contributed by atoms with Gasteiger partial charge < -0.3 is 55.0 Å². The third-order valence-corrected chi connectivity index (χ3v) is 9.57. The fourth-order valence-corrected chi connectivity index (χ4v) is 5.21. The van der Waals surface area contributed by atoms with Gasteiger partial charge in [-0.2, -0.15) is 27.0 Å². The molecule has 3 aliphatic rings. The van der Waals surface area contributed by atoms with Crippen molar-refractivity contribution in [2.75, 3.05) is 125 Å². The molecule has 5 N–H and O–H groups in total. The number of anilines is 1. The van der Waals surface area contributed by atoms with Gasteiger partial charge in [0.2, 0.25) is 0 Å². The summed E-state index contributed by atoms with van der Waals surface area (Å²) >= 11 is 30.4. The van der Waals surface area contributed by atoms with Crippen LogP contribution in [0.5, 0.6) is 0 Å². The van der Waals surface area contributed by atoms with Crippen molar-refractivity contribution in [3.8, 4) is 0 Å². The summed E-state index contributed by atoms with van der Waals surface area (Å²) in [6.45, 7) is 11.6. The standard InChI is InChI=1S/C13H20N4O3.C9H10ClN3O2.C5H2Cl2N2O.C5H3ClN2O2.C4H9NO.C4H11NO.C2Cl2O2.2H2S/c1-19-6-2-3-14-12-10-15-11(9-16-12)13(18)17-4-7-20-8-5-17;10-8-6-11-7(5-12-8)9(14)13-1-3-15-4-2-13;6-4-2-8-3(1-9-4)5(7)10;6-4-2-7-3(1-8-4)5(9)10;1-3-6-4-2-5-1;1-6-4-2-3-5;3-1(5)2(4)6;;/h9-10H,2-8H2,1H3,(H,14,16);5-6H,1-4H2;1-2H;1-2H,(H,9,10);5H,1-4H2;2-5H2,1H3;;2*1H2. The molecule has 7 rings (SSSR count). The zero-order chi connectivity index (χ0) is 54.2. The lowest BCUT2D eigenvalue weighted by Gasteiger charge is -2.26. The monoisotopic (exact) mass is 1210 g/mol. The van der Waals surface area contributed by atoms with Crippen LogP contribution in [-0.4, -0.2) is 208 Å². The molecule has 0 saturated carbocycles. The van der Waals surface area contributed by atoms with Crippen LogP contribution in [0.4, 0.5) is 5.82 Å². The highest BCUT2D eigenvalue weighted by molar-refractivity contribution is 7.59. The second kappa shape index (κ2) is 45.9. The quantitative estimate of drug-likeness (QED) is 0.0843. The summed E-state index contributed by atoms with van der Waals surface area (Å²) in [4.78, 5) is 97.1. The van der Waals surface area contributed by atoms with E-state index in [2.05, 4.69) is 73.7 Å².